The smallest absolute Gasteiger partial charge is 0.408 e. The zero-order valence-electron chi connectivity index (χ0n) is 16.1. The van der Waals surface area contributed by atoms with E-state index in [4.69, 9.17) is 4.42 Å². The van der Waals surface area contributed by atoms with Gasteiger partial charge in [0.25, 0.3) is 0 Å². The van der Waals surface area contributed by atoms with Crippen LogP contribution in [0.1, 0.15) is 12.5 Å². The molecule has 0 spiro atoms. The Balaban J connectivity index is 1.59. The molecular weight excluding hydrogens is 378 g/mol. The number of hydrogen-bond donors (Lipinski definition) is 0. The van der Waals surface area contributed by atoms with Gasteiger partial charge in [0.1, 0.15) is 0 Å². The first kappa shape index (κ1) is 18.8. The summed E-state index contributed by atoms with van der Waals surface area (Å²) in [5.41, 5.74) is 3.14. The van der Waals surface area contributed by atoms with Gasteiger partial charge in [-0.05, 0) is 38.1 Å². The lowest BCUT2D eigenvalue weighted by Crippen LogP contribution is -2.53. The van der Waals surface area contributed by atoms with E-state index in [1.54, 1.807) is 13.1 Å². The minimum Gasteiger partial charge on any atom is -0.408 e. The average Bonchev–Trinajstić information content (AvgIpc) is 2.96. The van der Waals surface area contributed by atoms with Crippen molar-refractivity contribution in [1.82, 2.24) is 8.87 Å². The molecule has 4 rings (SSSR count). The monoisotopic (exact) mass is 401 g/mol. The zero-order chi connectivity index (χ0) is 20.1. The highest BCUT2D eigenvalue weighted by molar-refractivity contribution is 7.89. The van der Waals surface area contributed by atoms with Crippen LogP contribution >= 0.6 is 0 Å². The third-order valence-corrected chi connectivity index (χ3v) is 7.22. The second kappa shape index (κ2) is 6.79. The number of aryl methyl sites for hydroxylation is 2. The van der Waals surface area contributed by atoms with Crippen LogP contribution in [0.25, 0.3) is 11.1 Å². The van der Waals surface area contributed by atoms with E-state index < -0.39 is 15.8 Å². The van der Waals surface area contributed by atoms with Gasteiger partial charge in [-0.2, -0.15) is 4.31 Å². The maximum atomic E-state index is 13.1. The van der Waals surface area contributed by atoms with Gasteiger partial charge in [0.2, 0.25) is 10.0 Å². The van der Waals surface area contributed by atoms with Gasteiger partial charge >= 0.3 is 5.76 Å². The Morgan fingerprint density at radius 1 is 1.07 bits per heavy atom. The van der Waals surface area contributed by atoms with Crippen molar-refractivity contribution in [2.75, 3.05) is 24.5 Å². The maximum Gasteiger partial charge on any atom is 0.419 e. The number of hydrogen-bond acceptors (Lipinski definition) is 5. The summed E-state index contributed by atoms with van der Waals surface area (Å²) in [4.78, 5) is 14.0. The van der Waals surface area contributed by atoms with Gasteiger partial charge in [0.05, 0.1) is 10.4 Å². The van der Waals surface area contributed by atoms with Crippen molar-refractivity contribution >= 4 is 26.8 Å². The minimum atomic E-state index is -3.67. The molecule has 1 saturated heterocycles. The average molecular weight is 401 g/mol. The predicted molar refractivity (Wildman–Crippen MR) is 108 cm³/mol. The molecule has 0 radical (unpaired) electrons. The van der Waals surface area contributed by atoms with E-state index in [9.17, 15) is 13.2 Å². The SMILES string of the molecule is Cc1ccc(N2CCN(S(=O)(=O)c3ccc4c(c3)oc(=O)n4C)C[C@H]2C)cc1. The molecule has 148 valence electrons. The van der Waals surface area contributed by atoms with Crippen LogP contribution in [0.15, 0.2) is 56.6 Å². The van der Waals surface area contributed by atoms with Gasteiger partial charge in [-0.1, -0.05) is 17.7 Å². The van der Waals surface area contributed by atoms with E-state index in [0.29, 0.717) is 25.2 Å². The summed E-state index contributed by atoms with van der Waals surface area (Å²) in [5, 5.41) is 0. The van der Waals surface area contributed by atoms with Gasteiger partial charge in [0, 0.05) is 44.5 Å². The molecule has 0 amide bonds. The van der Waals surface area contributed by atoms with Crippen LogP contribution in [0.5, 0.6) is 0 Å². The van der Waals surface area contributed by atoms with Gasteiger partial charge < -0.3 is 9.32 Å². The molecule has 1 aliphatic rings. The molecule has 8 heteroatoms. The van der Waals surface area contributed by atoms with Crippen LogP contribution in [0.3, 0.4) is 0 Å². The normalized spacial score (nSPS) is 18.7. The number of aromatic nitrogens is 1. The Bertz CT molecular complexity index is 1180. The van der Waals surface area contributed by atoms with Crippen molar-refractivity contribution in [3.8, 4) is 0 Å². The summed E-state index contributed by atoms with van der Waals surface area (Å²) in [7, 11) is -2.08. The van der Waals surface area contributed by atoms with Crippen LogP contribution in [0.2, 0.25) is 0 Å². The Morgan fingerprint density at radius 2 is 1.79 bits per heavy atom. The van der Waals surface area contributed by atoms with Crippen molar-refractivity contribution in [2.24, 2.45) is 7.05 Å². The molecule has 1 aromatic heterocycles. The second-order valence-corrected chi connectivity index (χ2v) is 9.24. The van der Waals surface area contributed by atoms with Gasteiger partial charge in [0.15, 0.2) is 5.58 Å². The number of sulfonamides is 1. The molecular formula is C20H23N3O4S. The summed E-state index contributed by atoms with van der Waals surface area (Å²) >= 11 is 0. The molecule has 0 bridgehead atoms. The van der Waals surface area contributed by atoms with Crippen molar-refractivity contribution in [2.45, 2.75) is 24.8 Å². The largest absolute Gasteiger partial charge is 0.419 e. The summed E-state index contributed by atoms with van der Waals surface area (Å²) in [6.07, 6.45) is 0. The fourth-order valence-corrected chi connectivity index (χ4v) is 5.21. The van der Waals surface area contributed by atoms with Crippen LogP contribution in [-0.2, 0) is 17.1 Å². The Kier molecular flexibility index (Phi) is 4.55. The number of nitrogens with zero attached hydrogens (tertiary/aromatic N) is 3. The predicted octanol–water partition coefficient (Wildman–Crippen LogP) is 2.34. The van der Waals surface area contributed by atoms with E-state index in [2.05, 4.69) is 29.2 Å². The number of piperazine rings is 1. The third kappa shape index (κ3) is 3.12. The quantitative estimate of drug-likeness (QED) is 0.673. The topological polar surface area (TPSA) is 75.8 Å². The first-order chi connectivity index (χ1) is 13.3. The molecule has 2 aromatic carbocycles. The number of anilines is 1. The Morgan fingerprint density at radius 3 is 2.46 bits per heavy atom. The van der Waals surface area contributed by atoms with Crippen LogP contribution < -0.4 is 10.7 Å². The van der Waals surface area contributed by atoms with Crippen LogP contribution in [-0.4, -0.2) is 43.0 Å². The first-order valence-electron chi connectivity index (χ1n) is 9.20. The maximum absolute atomic E-state index is 13.1. The fraction of sp³-hybridized carbons (Fsp3) is 0.350. The number of benzene rings is 2. The Hall–Kier alpha value is -2.58. The number of oxazole rings is 1. The van der Waals surface area contributed by atoms with E-state index >= 15 is 0 Å². The van der Waals surface area contributed by atoms with E-state index in [1.165, 1.54) is 26.6 Å². The van der Waals surface area contributed by atoms with Crippen LogP contribution in [0, 0.1) is 6.92 Å². The van der Waals surface area contributed by atoms with Crippen molar-refractivity contribution < 1.29 is 12.8 Å². The molecule has 0 aliphatic carbocycles. The molecule has 1 atom stereocenters. The molecule has 0 unspecified atom stereocenters. The summed E-state index contributed by atoms with van der Waals surface area (Å²) in [6.45, 7) is 5.49. The van der Waals surface area contributed by atoms with Crippen LogP contribution in [0.4, 0.5) is 5.69 Å². The third-order valence-electron chi connectivity index (χ3n) is 5.36. The molecule has 28 heavy (non-hydrogen) atoms. The van der Waals surface area contributed by atoms with Gasteiger partial charge in [-0.25, -0.2) is 13.2 Å². The van der Waals surface area contributed by atoms with Gasteiger partial charge in [-0.15, -0.1) is 0 Å². The molecule has 0 saturated carbocycles. The highest BCUT2D eigenvalue weighted by Gasteiger charge is 2.32. The van der Waals surface area contributed by atoms with E-state index in [-0.39, 0.29) is 16.5 Å². The fourth-order valence-electron chi connectivity index (χ4n) is 3.69. The summed E-state index contributed by atoms with van der Waals surface area (Å²) < 4.78 is 34.3. The lowest BCUT2D eigenvalue weighted by Gasteiger charge is -2.40. The number of fused-ring (bicyclic) bond motifs is 1. The van der Waals surface area contributed by atoms with Crippen molar-refractivity contribution in [3.63, 3.8) is 0 Å². The summed E-state index contributed by atoms with van der Waals surface area (Å²) in [5.74, 6) is -0.509. The lowest BCUT2D eigenvalue weighted by atomic mass is 10.1. The zero-order valence-corrected chi connectivity index (χ0v) is 16.9. The summed E-state index contributed by atoms with van der Waals surface area (Å²) in [6, 6.07) is 12.9. The molecule has 1 fully saturated rings. The highest BCUT2D eigenvalue weighted by atomic mass is 32.2. The molecule has 1 aliphatic heterocycles. The second-order valence-electron chi connectivity index (χ2n) is 7.30. The molecule has 0 N–H and O–H groups in total. The van der Waals surface area contributed by atoms with Gasteiger partial charge in [-0.3, -0.25) is 4.57 Å². The lowest BCUT2D eigenvalue weighted by molar-refractivity contribution is 0.342. The first-order valence-corrected chi connectivity index (χ1v) is 10.6. The highest BCUT2D eigenvalue weighted by Crippen LogP contribution is 2.26. The molecule has 7 nitrogen and oxygen atoms in total. The number of rotatable bonds is 3. The van der Waals surface area contributed by atoms with E-state index in [1.807, 2.05) is 13.8 Å². The standard InChI is InChI=1S/C20H23N3O4S/c1-14-4-6-16(7-5-14)23-11-10-22(13-15(23)2)28(25,26)17-8-9-18-19(12-17)27-20(24)21(18)3/h4-9,12,15H,10-11,13H2,1-3H3/t15-/m1/s1. The van der Waals surface area contributed by atoms with E-state index in [0.717, 1.165) is 5.69 Å². The molecule has 2 heterocycles. The Labute approximate surface area is 163 Å². The van der Waals surface area contributed by atoms with Crippen molar-refractivity contribution in [3.05, 3.63) is 58.6 Å². The minimum absolute atomic E-state index is 0.0459. The molecule has 3 aromatic rings. The van der Waals surface area contributed by atoms with Crippen molar-refractivity contribution in [1.29, 1.82) is 0 Å².